The summed E-state index contributed by atoms with van der Waals surface area (Å²) < 4.78 is 6.62. The van der Waals surface area contributed by atoms with E-state index in [9.17, 15) is 14.4 Å². The van der Waals surface area contributed by atoms with Gasteiger partial charge in [-0.25, -0.2) is 4.79 Å². The minimum absolute atomic E-state index is 0.101. The molecule has 2 aliphatic rings. The van der Waals surface area contributed by atoms with Crippen LogP contribution in [-0.2, 0) is 9.53 Å². The lowest BCUT2D eigenvalue weighted by atomic mass is 9.86. The molecule has 7 nitrogen and oxygen atoms in total. The molecule has 2 aromatic rings. The fourth-order valence-corrected chi connectivity index (χ4v) is 4.43. The standard InChI is InChI=1S/C21H25N3O4/c1-28-21(27)14-10-8-13(9-11-14)16-12-17(25)22-19-18(16)20(26)23-24(19)15-6-4-2-3-5-7-15/h8-11,15-16H,2-7,12H2,1H3,(H,22,25)(H,23,26)/t16-/m0/s1. The molecule has 0 radical (unpaired) electrons. The summed E-state index contributed by atoms with van der Waals surface area (Å²) >= 11 is 0. The van der Waals surface area contributed by atoms with Crippen LogP contribution in [0.4, 0.5) is 5.82 Å². The number of fused-ring (bicyclic) bond motifs is 1. The lowest BCUT2D eigenvalue weighted by Gasteiger charge is -2.26. The average Bonchev–Trinajstić information content (AvgIpc) is 2.89. The number of ether oxygens (including phenoxy) is 1. The molecule has 1 aliphatic carbocycles. The number of carbonyl (C=O) groups excluding carboxylic acids is 2. The molecule has 1 atom stereocenters. The van der Waals surface area contributed by atoms with Crippen LogP contribution in [0.3, 0.4) is 0 Å². The molecule has 0 unspecified atom stereocenters. The number of esters is 1. The molecule has 0 bridgehead atoms. The van der Waals surface area contributed by atoms with E-state index in [2.05, 4.69) is 10.4 Å². The average molecular weight is 383 g/mol. The zero-order valence-electron chi connectivity index (χ0n) is 16.0. The molecule has 2 N–H and O–H groups in total. The lowest BCUT2D eigenvalue weighted by Crippen LogP contribution is -2.27. The molecule has 28 heavy (non-hydrogen) atoms. The summed E-state index contributed by atoms with van der Waals surface area (Å²) in [5.74, 6) is -0.233. The first-order valence-electron chi connectivity index (χ1n) is 9.91. The Labute approximate surface area is 163 Å². The SMILES string of the molecule is COC(=O)c1ccc([C@@H]2CC(=O)Nc3c2c(=O)[nH]n3C2CCCCCC2)cc1. The zero-order valence-corrected chi connectivity index (χ0v) is 16.0. The Hall–Kier alpha value is -2.83. The summed E-state index contributed by atoms with van der Waals surface area (Å²) in [5.41, 5.74) is 1.74. The van der Waals surface area contributed by atoms with Gasteiger partial charge in [0.05, 0.1) is 24.3 Å². The number of nitrogens with zero attached hydrogens (tertiary/aromatic N) is 1. The predicted octanol–water partition coefficient (Wildman–Crippen LogP) is 3.33. The number of aromatic amines is 1. The van der Waals surface area contributed by atoms with E-state index in [0.717, 1.165) is 31.2 Å². The van der Waals surface area contributed by atoms with Gasteiger partial charge in [0.25, 0.3) is 5.56 Å². The quantitative estimate of drug-likeness (QED) is 0.628. The molecule has 2 heterocycles. The molecule has 1 aromatic carbocycles. The Kier molecular flexibility index (Phi) is 5.07. The number of anilines is 1. The van der Waals surface area contributed by atoms with Crippen molar-refractivity contribution in [2.75, 3.05) is 12.4 Å². The molecular formula is C21H25N3O4. The second-order valence-corrected chi connectivity index (χ2v) is 7.64. The Bertz CT molecular complexity index is 934. The molecule has 1 saturated carbocycles. The van der Waals surface area contributed by atoms with E-state index < -0.39 is 5.97 Å². The summed E-state index contributed by atoms with van der Waals surface area (Å²) in [7, 11) is 1.34. The third-order valence-corrected chi connectivity index (χ3v) is 5.88. The van der Waals surface area contributed by atoms with Crippen molar-refractivity contribution in [1.29, 1.82) is 0 Å². The summed E-state index contributed by atoms with van der Waals surface area (Å²) in [6, 6.07) is 7.14. The van der Waals surface area contributed by atoms with Gasteiger partial charge in [-0.2, -0.15) is 0 Å². The number of methoxy groups -OCH3 is 1. The van der Waals surface area contributed by atoms with Crippen LogP contribution >= 0.6 is 0 Å². The minimum atomic E-state index is -0.411. The van der Waals surface area contributed by atoms with Crippen molar-refractivity contribution in [2.45, 2.75) is 56.9 Å². The van der Waals surface area contributed by atoms with E-state index in [0.29, 0.717) is 16.9 Å². The molecule has 7 heteroatoms. The topological polar surface area (TPSA) is 93.2 Å². The van der Waals surface area contributed by atoms with E-state index in [4.69, 9.17) is 4.74 Å². The van der Waals surface area contributed by atoms with Crippen molar-refractivity contribution in [2.24, 2.45) is 0 Å². The van der Waals surface area contributed by atoms with E-state index in [-0.39, 0.29) is 29.8 Å². The summed E-state index contributed by atoms with van der Waals surface area (Å²) in [6.45, 7) is 0. The lowest BCUT2D eigenvalue weighted by molar-refractivity contribution is -0.116. The highest BCUT2D eigenvalue weighted by molar-refractivity contribution is 5.94. The van der Waals surface area contributed by atoms with Gasteiger partial charge in [0.2, 0.25) is 5.91 Å². The molecule has 1 fully saturated rings. The molecule has 0 spiro atoms. The third-order valence-electron chi connectivity index (χ3n) is 5.88. The van der Waals surface area contributed by atoms with Gasteiger partial charge in [0.1, 0.15) is 5.82 Å². The van der Waals surface area contributed by atoms with Crippen molar-refractivity contribution >= 4 is 17.7 Å². The van der Waals surface area contributed by atoms with Gasteiger partial charge in [-0.05, 0) is 30.5 Å². The highest BCUT2D eigenvalue weighted by Gasteiger charge is 2.34. The van der Waals surface area contributed by atoms with Gasteiger partial charge >= 0.3 is 5.97 Å². The largest absolute Gasteiger partial charge is 0.465 e. The van der Waals surface area contributed by atoms with Crippen LogP contribution in [0.25, 0.3) is 0 Å². The van der Waals surface area contributed by atoms with Gasteiger partial charge < -0.3 is 10.1 Å². The molecular weight excluding hydrogens is 358 g/mol. The number of aromatic nitrogens is 2. The maximum atomic E-state index is 12.8. The van der Waals surface area contributed by atoms with Crippen molar-refractivity contribution < 1.29 is 14.3 Å². The Morgan fingerprint density at radius 2 is 1.75 bits per heavy atom. The fourth-order valence-electron chi connectivity index (χ4n) is 4.43. The predicted molar refractivity (Wildman–Crippen MR) is 105 cm³/mol. The summed E-state index contributed by atoms with van der Waals surface area (Å²) in [4.78, 5) is 36.9. The number of rotatable bonds is 3. The number of nitrogens with one attached hydrogen (secondary N) is 2. The normalized spacial score (nSPS) is 20.2. The fraction of sp³-hybridized carbons (Fsp3) is 0.476. The first kappa shape index (κ1) is 18.5. The van der Waals surface area contributed by atoms with Crippen LogP contribution in [-0.4, -0.2) is 28.8 Å². The number of benzene rings is 1. The van der Waals surface area contributed by atoms with Gasteiger partial charge in [0, 0.05) is 12.3 Å². The molecule has 1 aromatic heterocycles. The van der Waals surface area contributed by atoms with Crippen LogP contribution in [0.1, 0.15) is 78.4 Å². The number of hydrogen-bond donors (Lipinski definition) is 2. The van der Waals surface area contributed by atoms with E-state index in [1.807, 2.05) is 4.68 Å². The zero-order chi connectivity index (χ0) is 19.7. The number of amides is 1. The number of carbonyl (C=O) groups is 2. The highest BCUT2D eigenvalue weighted by Crippen LogP contribution is 2.38. The Balaban J connectivity index is 1.72. The van der Waals surface area contributed by atoms with Crippen LogP contribution in [0.5, 0.6) is 0 Å². The monoisotopic (exact) mass is 383 g/mol. The summed E-state index contributed by atoms with van der Waals surface area (Å²) in [6.07, 6.45) is 6.91. The second-order valence-electron chi connectivity index (χ2n) is 7.64. The van der Waals surface area contributed by atoms with Crippen molar-refractivity contribution in [3.05, 3.63) is 51.3 Å². The van der Waals surface area contributed by atoms with Gasteiger partial charge in [-0.15, -0.1) is 0 Å². The minimum Gasteiger partial charge on any atom is -0.465 e. The van der Waals surface area contributed by atoms with Crippen LogP contribution in [0.15, 0.2) is 29.1 Å². The first-order valence-corrected chi connectivity index (χ1v) is 9.91. The Morgan fingerprint density at radius 1 is 1.07 bits per heavy atom. The van der Waals surface area contributed by atoms with Gasteiger partial charge in [0.15, 0.2) is 0 Å². The second kappa shape index (κ2) is 7.66. The smallest absolute Gasteiger partial charge is 0.337 e. The van der Waals surface area contributed by atoms with Gasteiger partial charge in [-0.1, -0.05) is 37.8 Å². The van der Waals surface area contributed by atoms with E-state index in [1.165, 1.54) is 20.0 Å². The number of H-pyrrole nitrogens is 1. The number of hydrogen-bond acceptors (Lipinski definition) is 4. The van der Waals surface area contributed by atoms with Crippen molar-refractivity contribution in [3.63, 3.8) is 0 Å². The highest BCUT2D eigenvalue weighted by atomic mass is 16.5. The van der Waals surface area contributed by atoms with E-state index >= 15 is 0 Å². The van der Waals surface area contributed by atoms with Crippen LogP contribution in [0, 0.1) is 0 Å². The Morgan fingerprint density at radius 3 is 2.39 bits per heavy atom. The molecule has 4 rings (SSSR count). The van der Waals surface area contributed by atoms with Crippen LogP contribution in [0.2, 0.25) is 0 Å². The van der Waals surface area contributed by atoms with Crippen molar-refractivity contribution in [3.8, 4) is 0 Å². The molecule has 1 aliphatic heterocycles. The summed E-state index contributed by atoms with van der Waals surface area (Å²) in [5, 5.41) is 5.91. The molecule has 0 saturated heterocycles. The van der Waals surface area contributed by atoms with Crippen molar-refractivity contribution in [1.82, 2.24) is 9.78 Å². The van der Waals surface area contributed by atoms with Crippen LogP contribution < -0.4 is 10.9 Å². The van der Waals surface area contributed by atoms with E-state index in [1.54, 1.807) is 24.3 Å². The third kappa shape index (κ3) is 3.37. The van der Waals surface area contributed by atoms with Gasteiger partial charge in [-0.3, -0.25) is 19.4 Å². The first-order chi connectivity index (χ1) is 13.6. The maximum absolute atomic E-state index is 12.8. The molecule has 1 amide bonds. The molecule has 148 valence electrons. The maximum Gasteiger partial charge on any atom is 0.337 e.